The molecule has 0 unspecified atom stereocenters. The van der Waals surface area contributed by atoms with E-state index in [1.54, 1.807) is 23.5 Å². The molecule has 3 aromatic rings. The quantitative estimate of drug-likeness (QED) is 0.459. The Morgan fingerprint density at radius 2 is 1.97 bits per heavy atom. The summed E-state index contributed by atoms with van der Waals surface area (Å²) in [5.41, 5.74) is 2.87. The number of rotatable bonds is 6. The van der Waals surface area contributed by atoms with Crippen LogP contribution in [0.5, 0.6) is 11.5 Å². The Labute approximate surface area is 188 Å². The van der Waals surface area contributed by atoms with Crippen molar-refractivity contribution in [3.8, 4) is 11.5 Å². The number of hydrogen-bond donors (Lipinski definition) is 0. The first kappa shape index (κ1) is 20.7. The van der Waals surface area contributed by atoms with Crippen LogP contribution < -0.4 is 9.47 Å². The Hall–Kier alpha value is -2.58. The topological polar surface area (TPSA) is 61.5 Å². The summed E-state index contributed by atoms with van der Waals surface area (Å²) in [6.07, 6.45) is 3.01. The molecule has 0 saturated carbocycles. The second-order valence-corrected chi connectivity index (χ2v) is 8.51. The summed E-state index contributed by atoms with van der Waals surface area (Å²) in [6.45, 7) is 4.60. The summed E-state index contributed by atoms with van der Waals surface area (Å²) in [7, 11) is 1.65. The first-order valence-corrected chi connectivity index (χ1v) is 11.2. The van der Waals surface area contributed by atoms with E-state index in [9.17, 15) is 0 Å². The van der Waals surface area contributed by atoms with E-state index < -0.39 is 0 Å². The van der Waals surface area contributed by atoms with E-state index in [0.29, 0.717) is 18.1 Å². The predicted molar refractivity (Wildman–Crippen MR) is 123 cm³/mol. The van der Waals surface area contributed by atoms with E-state index in [1.807, 2.05) is 37.3 Å². The van der Waals surface area contributed by atoms with Gasteiger partial charge in [0.25, 0.3) is 0 Å². The summed E-state index contributed by atoms with van der Waals surface area (Å²) < 4.78 is 14.1. The third-order valence-electron chi connectivity index (χ3n) is 4.45. The highest BCUT2D eigenvalue weighted by Gasteiger charge is 2.23. The SMILES string of the molecule is CCCOc1c(Br)cc(C=C2Sc3nnc(C)n3N=C2c2ccccc2)cc1OC. The largest absolute Gasteiger partial charge is 0.493 e. The van der Waals surface area contributed by atoms with E-state index in [1.165, 1.54) is 0 Å². The highest BCUT2D eigenvalue weighted by atomic mass is 79.9. The number of hydrogen-bond acceptors (Lipinski definition) is 6. The van der Waals surface area contributed by atoms with Crippen molar-refractivity contribution >= 4 is 39.5 Å². The maximum Gasteiger partial charge on any atom is 0.216 e. The van der Waals surface area contributed by atoms with E-state index in [0.717, 1.165) is 43.6 Å². The van der Waals surface area contributed by atoms with Crippen molar-refractivity contribution in [1.82, 2.24) is 14.9 Å². The van der Waals surface area contributed by atoms with Crippen molar-refractivity contribution < 1.29 is 9.47 Å². The molecule has 6 nitrogen and oxygen atoms in total. The number of benzene rings is 2. The minimum atomic E-state index is 0.630. The molecule has 0 bridgehead atoms. The Morgan fingerprint density at radius 1 is 1.17 bits per heavy atom. The zero-order chi connectivity index (χ0) is 21.1. The monoisotopic (exact) mass is 484 g/mol. The average Bonchev–Trinajstić information content (AvgIpc) is 3.12. The minimum Gasteiger partial charge on any atom is -0.493 e. The van der Waals surface area contributed by atoms with Crippen LogP contribution in [0.3, 0.4) is 0 Å². The molecule has 8 heteroatoms. The average molecular weight is 485 g/mol. The van der Waals surface area contributed by atoms with Crippen LogP contribution in [0.1, 0.15) is 30.3 Å². The van der Waals surface area contributed by atoms with Gasteiger partial charge in [0.1, 0.15) is 5.71 Å². The summed E-state index contributed by atoms with van der Waals surface area (Å²) in [6, 6.07) is 14.1. The number of thioether (sulfide) groups is 1. The molecule has 1 aromatic heterocycles. The Balaban J connectivity index is 1.79. The number of methoxy groups -OCH3 is 1. The normalized spacial score (nSPS) is 14.4. The second kappa shape index (κ2) is 9.06. The number of aryl methyl sites for hydroxylation is 1. The predicted octanol–water partition coefficient (Wildman–Crippen LogP) is 5.55. The molecule has 0 atom stereocenters. The first-order valence-electron chi connectivity index (χ1n) is 9.57. The van der Waals surface area contributed by atoms with Gasteiger partial charge < -0.3 is 9.47 Å². The van der Waals surface area contributed by atoms with Crippen molar-refractivity contribution in [2.45, 2.75) is 25.4 Å². The fourth-order valence-corrected chi connectivity index (χ4v) is 4.59. The van der Waals surface area contributed by atoms with Gasteiger partial charge in [-0.1, -0.05) is 37.3 Å². The number of halogens is 1. The lowest BCUT2D eigenvalue weighted by Crippen LogP contribution is -2.12. The van der Waals surface area contributed by atoms with Crippen LogP contribution in [0.4, 0.5) is 0 Å². The van der Waals surface area contributed by atoms with Gasteiger partial charge in [0, 0.05) is 10.5 Å². The van der Waals surface area contributed by atoms with Gasteiger partial charge in [-0.2, -0.15) is 9.78 Å². The third-order valence-corrected chi connectivity index (χ3v) is 6.01. The van der Waals surface area contributed by atoms with Gasteiger partial charge in [0.2, 0.25) is 5.16 Å². The maximum absolute atomic E-state index is 5.85. The summed E-state index contributed by atoms with van der Waals surface area (Å²) >= 11 is 5.17. The number of allylic oxidation sites excluding steroid dienone is 1. The molecule has 30 heavy (non-hydrogen) atoms. The molecule has 0 N–H and O–H groups in total. The molecule has 0 amide bonds. The molecule has 0 aliphatic carbocycles. The van der Waals surface area contributed by atoms with Crippen LogP contribution in [-0.4, -0.2) is 34.3 Å². The van der Waals surface area contributed by atoms with Crippen LogP contribution >= 0.6 is 27.7 Å². The fraction of sp³-hybridized carbons (Fsp3) is 0.227. The molecule has 0 fully saturated rings. The van der Waals surface area contributed by atoms with Gasteiger partial charge in [0.15, 0.2) is 17.3 Å². The molecule has 0 spiro atoms. The third kappa shape index (κ3) is 4.15. The summed E-state index contributed by atoms with van der Waals surface area (Å²) in [5, 5.41) is 14.0. The number of aromatic nitrogens is 3. The molecule has 1 aliphatic heterocycles. The van der Waals surface area contributed by atoms with Crippen LogP contribution in [-0.2, 0) is 0 Å². The lowest BCUT2D eigenvalue weighted by Gasteiger charge is -2.17. The number of ether oxygens (including phenoxy) is 2. The van der Waals surface area contributed by atoms with Gasteiger partial charge in [-0.25, -0.2) is 0 Å². The van der Waals surface area contributed by atoms with Crippen LogP contribution in [0.25, 0.3) is 6.08 Å². The van der Waals surface area contributed by atoms with E-state index in [4.69, 9.17) is 14.6 Å². The van der Waals surface area contributed by atoms with Crippen LogP contribution in [0.2, 0.25) is 0 Å². The molecule has 0 radical (unpaired) electrons. The molecule has 1 aliphatic rings. The summed E-state index contributed by atoms with van der Waals surface area (Å²) in [5.74, 6) is 2.15. The Morgan fingerprint density at radius 3 is 2.70 bits per heavy atom. The van der Waals surface area contributed by atoms with Crippen molar-refractivity contribution in [3.05, 3.63) is 68.8 Å². The van der Waals surface area contributed by atoms with Crippen molar-refractivity contribution in [1.29, 1.82) is 0 Å². The van der Waals surface area contributed by atoms with Crippen LogP contribution in [0.15, 0.2) is 62.1 Å². The van der Waals surface area contributed by atoms with Crippen molar-refractivity contribution in [3.63, 3.8) is 0 Å². The minimum absolute atomic E-state index is 0.630. The zero-order valence-electron chi connectivity index (χ0n) is 16.9. The standard InChI is InChI=1S/C22H21BrN4O2S/c1-4-10-29-21-17(23)11-15(12-18(21)28-3)13-19-20(16-8-6-5-7-9-16)26-27-14(2)24-25-22(27)30-19/h5-9,11-13H,4,10H2,1-3H3. The van der Waals surface area contributed by atoms with Gasteiger partial charge in [-0.3, -0.25) is 0 Å². The molecular formula is C22H21BrN4O2S. The van der Waals surface area contributed by atoms with Crippen molar-refractivity contribution in [2.75, 3.05) is 13.7 Å². The second-order valence-electron chi connectivity index (χ2n) is 6.65. The number of nitrogens with zero attached hydrogens (tertiary/aromatic N) is 4. The highest BCUT2D eigenvalue weighted by molar-refractivity contribution is 9.10. The van der Waals surface area contributed by atoms with E-state index >= 15 is 0 Å². The fourth-order valence-electron chi connectivity index (χ4n) is 3.03. The number of fused-ring (bicyclic) bond motifs is 1. The van der Waals surface area contributed by atoms with Crippen molar-refractivity contribution in [2.24, 2.45) is 5.10 Å². The smallest absolute Gasteiger partial charge is 0.216 e. The van der Waals surface area contributed by atoms with Crippen LogP contribution in [0, 0.1) is 6.92 Å². The maximum atomic E-state index is 5.85. The highest BCUT2D eigenvalue weighted by Crippen LogP contribution is 2.39. The molecule has 4 rings (SSSR count). The Kier molecular flexibility index (Phi) is 6.24. The molecule has 154 valence electrons. The van der Waals surface area contributed by atoms with E-state index in [-0.39, 0.29) is 0 Å². The molecule has 0 saturated heterocycles. The first-order chi connectivity index (χ1) is 14.6. The van der Waals surface area contributed by atoms with Gasteiger partial charge in [0.05, 0.1) is 18.2 Å². The molecular weight excluding hydrogens is 464 g/mol. The molecule has 2 aromatic carbocycles. The van der Waals surface area contributed by atoms with Gasteiger partial charge in [-0.05, 0) is 64.8 Å². The summed E-state index contributed by atoms with van der Waals surface area (Å²) in [4.78, 5) is 0.984. The zero-order valence-corrected chi connectivity index (χ0v) is 19.3. The van der Waals surface area contributed by atoms with Gasteiger partial charge in [-0.15, -0.1) is 10.2 Å². The van der Waals surface area contributed by atoms with Gasteiger partial charge >= 0.3 is 0 Å². The Bertz CT molecular complexity index is 1130. The lowest BCUT2D eigenvalue weighted by molar-refractivity contribution is 0.292. The molecule has 2 heterocycles. The van der Waals surface area contributed by atoms with E-state index in [2.05, 4.69) is 51.3 Å². The lowest BCUT2D eigenvalue weighted by atomic mass is 10.1.